The number of nitrogens with two attached hydrogens (primary N) is 1. The zero-order valence-electron chi connectivity index (χ0n) is 6.04. The summed E-state index contributed by atoms with van der Waals surface area (Å²) in [6.07, 6.45) is 0. The van der Waals surface area contributed by atoms with E-state index in [1.807, 2.05) is 0 Å². The van der Waals surface area contributed by atoms with Crippen LogP contribution in [0.3, 0.4) is 0 Å². The van der Waals surface area contributed by atoms with E-state index < -0.39 is 5.60 Å². The lowest BCUT2D eigenvalue weighted by Crippen LogP contribution is -2.63. The van der Waals surface area contributed by atoms with Crippen molar-refractivity contribution in [2.24, 2.45) is 5.73 Å². The van der Waals surface area contributed by atoms with Gasteiger partial charge in [-0.2, -0.15) is 0 Å². The molecule has 0 aromatic heterocycles. The van der Waals surface area contributed by atoms with Crippen LogP contribution in [0.2, 0.25) is 0 Å². The summed E-state index contributed by atoms with van der Waals surface area (Å²) in [4.78, 5) is 0. The lowest BCUT2D eigenvalue weighted by molar-refractivity contribution is -0.194. The number of aliphatic hydroxyl groups is 1. The van der Waals surface area contributed by atoms with E-state index in [4.69, 9.17) is 15.2 Å². The van der Waals surface area contributed by atoms with E-state index >= 15 is 0 Å². The first kappa shape index (κ1) is 7.94. The Morgan fingerprint density at radius 1 is 1.80 bits per heavy atom. The first-order valence-electron chi connectivity index (χ1n) is 3.24. The summed E-state index contributed by atoms with van der Waals surface area (Å²) >= 11 is 0. The molecule has 1 aliphatic rings. The zero-order valence-corrected chi connectivity index (χ0v) is 6.04. The van der Waals surface area contributed by atoms with E-state index in [1.54, 1.807) is 7.11 Å². The molecule has 1 unspecified atom stereocenters. The molecule has 0 amide bonds. The second-order valence-corrected chi connectivity index (χ2v) is 2.66. The van der Waals surface area contributed by atoms with Crippen molar-refractivity contribution in [3.05, 3.63) is 0 Å². The van der Waals surface area contributed by atoms with Crippen molar-refractivity contribution < 1.29 is 14.6 Å². The molecule has 0 radical (unpaired) electrons. The van der Waals surface area contributed by atoms with Gasteiger partial charge in [0.25, 0.3) is 0 Å². The van der Waals surface area contributed by atoms with Crippen molar-refractivity contribution >= 4 is 0 Å². The van der Waals surface area contributed by atoms with Gasteiger partial charge in [0.15, 0.2) is 0 Å². The number of methoxy groups -OCH3 is 1. The van der Waals surface area contributed by atoms with E-state index in [9.17, 15) is 5.11 Å². The van der Waals surface area contributed by atoms with Crippen LogP contribution in [-0.2, 0) is 9.47 Å². The van der Waals surface area contributed by atoms with E-state index in [1.165, 1.54) is 0 Å². The monoisotopic (exact) mass is 147 g/mol. The highest BCUT2D eigenvalue weighted by atomic mass is 16.5. The maximum Gasteiger partial charge on any atom is 0.128 e. The third-order valence-corrected chi connectivity index (χ3v) is 1.74. The molecule has 1 aliphatic heterocycles. The summed E-state index contributed by atoms with van der Waals surface area (Å²) in [5.41, 5.74) is 4.73. The fraction of sp³-hybridized carbons (Fsp3) is 1.00. The molecule has 0 aromatic rings. The highest BCUT2D eigenvalue weighted by molar-refractivity contribution is 4.94. The van der Waals surface area contributed by atoms with Gasteiger partial charge in [0, 0.05) is 7.11 Å². The maximum atomic E-state index is 9.48. The van der Waals surface area contributed by atoms with Crippen LogP contribution in [0.25, 0.3) is 0 Å². The van der Waals surface area contributed by atoms with E-state index in [0.717, 1.165) is 0 Å². The smallest absolute Gasteiger partial charge is 0.128 e. The summed E-state index contributed by atoms with van der Waals surface area (Å²) in [5.74, 6) is 0. The van der Waals surface area contributed by atoms with Gasteiger partial charge in [0.05, 0.1) is 25.9 Å². The molecular weight excluding hydrogens is 134 g/mol. The van der Waals surface area contributed by atoms with Crippen LogP contribution < -0.4 is 5.73 Å². The summed E-state index contributed by atoms with van der Waals surface area (Å²) in [6.45, 7) is 1.04. The fourth-order valence-electron chi connectivity index (χ4n) is 0.860. The Balaban J connectivity index is 2.31. The molecule has 1 heterocycles. The molecule has 0 aromatic carbocycles. The molecule has 3 N–H and O–H groups in total. The van der Waals surface area contributed by atoms with Crippen molar-refractivity contribution in [1.82, 2.24) is 0 Å². The molecular formula is C6H13NO3. The minimum Gasteiger partial charge on any atom is -0.383 e. The molecule has 10 heavy (non-hydrogen) atoms. The lowest BCUT2D eigenvalue weighted by atomic mass is 9.94. The van der Waals surface area contributed by atoms with Crippen LogP contribution in [0, 0.1) is 0 Å². The Kier molecular flexibility index (Phi) is 2.25. The standard InChI is InChI=1S/C6H13NO3/c1-9-2-5(7)6(8)3-10-4-6/h5,8H,2-4,7H2,1H3. The quantitative estimate of drug-likeness (QED) is 0.522. The Morgan fingerprint density at radius 3 is 2.70 bits per heavy atom. The zero-order chi connectivity index (χ0) is 7.61. The van der Waals surface area contributed by atoms with Crippen molar-refractivity contribution in [1.29, 1.82) is 0 Å². The van der Waals surface area contributed by atoms with Crippen molar-refractivity contribution in [3.8, 4) is 0 Å². The van der Waals surface area contributed by atoms with Crippen LogP contribution in [0.1, 0.15) is 0 Å². The minimum atomic E-state index is -0.837. The van der Waals surface area contributed by atoms with E-state index in [-0.39, 0.29) is 6.04 Å². The Bertz CT molecular complexity index is 114. The number of hydrogen-bond donors (Lipinski definition) is 2. The van der Waals surface area contributed by atoms with Gasteiger partial charge in [-0.1, -0.05) is 0 Å². The van der Waals surface area contributed by atoms with E-state index in [0.29, 0.717) is 19.8 Å². The third-order valence-electron chi connectivity index (χ3n) is 1.74. The molecule has 4 nitrogen and oxygen atoms in total. The molecule has 1 fully saturated rings. The highest BCUT2D eigenvalue weighted by Crippen LogP contribution is 2.19. The first-order chi connectivity index (χ1) is 4.69. The Morgan fingerprint density at radius 2 is 2.40 bits per heavy atom. The summed E-state index contributed by atoms with van der Waals surface area (Å²) in [5, 5.41) is 9.48. The van der Waals surface area contributed by atoms with Gasteiger partial charge in [0.1, 0.15) is 5.60 Å². The van der Waals surface area contributed by atoms with Gasteiger partial charge in [-0.3, -0.25) is 0 Å². The summed E-state index contributed by atoms with van der Waals surface area (Å²) in [7, 11) is 1.56. The van der Waals surface area contributed by atoms with E-state index in [2.05, 4.69) is 0 Å². The topological polar surface area (TPSA) is 64.7 Å². The van der Waals surface area contributed by atoms with Crippen molar-refractivity contribution in [3.63, 3.8) is 0 Å². The maximum absolute atomic E-state index is 9.48. The Labute approximate surface area is 59.9 Å². The van der Waals surface area contributed by atoms with Gasteiger partial charge in [0.2, 0.25) is 0 Å². The van der Waals surface area contributed by atoms with Crippen molar-refractivity contribution in [2.45, 2.75) is 11.6 Å². The van der Waals surface area contributed by atoms with Crippen LogP contribution in [-0.4, -0.2) is 43.7 Å². The lowest BCUT2D eigenvalue weighted by Gasteiger charge is -2.40. The molecule has 1 saturated heterocycles. The molecule has 1 atom stereocenters. The molecule has 0 bridgehead atoms. The van der Waals surface area contributed by atoms with Crippen LogP contribution in [0.15, 0.2) is 0 Å². The van der Waals surface area contributed by atoms with Crippen molar-refractivity contribution in [2.75, 3.05) is 26.9 Å². The third kappa shape index (κ3) is 1.29. The minimum absolute atomic E-state index is 0.328. The summed E-state index contributed by atoms with van der Waals surface area (Å²) < 4.78 is 9.60. The van der Waals surface area contributed by atoms with Crippen LogP contribution in [0.5, 0.6) is 0 Å². The highest BCUT2D eigenvalue weighted by Gasteiger charge is 2.41. The molecule has 60 valence electrons. The molecule has 1 rings (SSSR count). The van der Waals surface area contributed by atoms with Gasteiger partial charge in [-0.05, 0) is 0 Å². The molecule has 0 spiro atoms. The Hall–Kier alpha value is -0.160. The SMILES string of the molecule is COCC(N)C1(O)COC1. The number of rotatable bonds is 3. The normalized spacial score (nSPS) is 25.5. The predicted octanol–water partition coefficient (Wildman–Crippen LogP) is -1.28. The second kappa shape index (κ2) is 2.84. The van der Waals surface area contributed by atoms with Gasteiger partial charge in [-0.15, -0.1) is 0 Å². The average molecular weight is 147 g/mol. The summed E-state index contributed by atoms with van der Waals surface area (Å²) in [6, 6.07) is -0.328. The molecule has 4 heteroatoms. The first-order valence-corrected chi connectivity index (χ1v) is 3.24. The largest absolute Gasteiger partial charge is 0.383 e. The molecule has 0 saturated carbocycles. The van der Waals surface area contributed by atoms with Crippen LogP contribution >= 0.6 is 0 Å². The van der Waals surface area contributed by atoms with Gasteiger partial charge < -0.3 is 20.3 Å². The number of ether oxygens (including phenoxy) is 2. The second-order valence-electron chi connectivity index (χ2n) is 2.66. The predicted molar refractivity (Wildman–Crippen MR) is 35.6 cm³/mol. The van der Waals surface area contributed by atoms with Gasteiger partial charge >= 0.3 is 0 Å². The number of hydrogen-bond acceptors (Lipinski definition) is 4. The van der Waals surface area contributed by atoms with Crippen LogP contribution in [0.4, 0.5) is 0 Å². The molecule has 0 aliphatic carbocycles. The van der Waals surface area contributed by atoms with Gasteiger partial charge in [-0.25, -0.2) is 0 Å². The fourth-order valence-corrected chi connectivity index (χ4v) is 0.860. The average Bonchev–Trinajstić information content (AvgIpc) is 1.83.